The van der Waals surface area contributed by atoms with Gasteiger partial charge in [0.05, 0.1) is 6.61 Å². The summed E-state index contributed by atoms with van der Waals surface area (Å²) in [6.45, 7) is 2.91. The maximum atomic E-state index is 12.1. The number of rotatable bonds is 5. The number of carbonyl (C=O) groups is 3. The van der Waals surface area contributed by atoms with Crippen molar-refractivity contribution in [3.63, 3.8) is 0 Å². The standard InChI is InChI=1S/C10H16N2O5/c1-6(2)10(5-17-3)8(15)12(4-7(13)14)9(16)11-10/h6H,4-5H2,1-3H3,(H,11,16)(H,13,14). The Bertz CT molecular complexity index is 355. The summed E-state index contributed by atoms with van der Waals surface area (Å²) in [4.78, 5) is 35.0. The van der Waals surface area contributed by atoms with E-state index in [2.05, 4.69) is 5.32 Å². The van der Waals surface area contributed by atoms with Gasteiger partial charge in [-0.2, -0.15) is 0 Å². The lowest BCUT2D eigenvalue weighted by atomic mass is 9.87. The van der Waals surface area contributed by atoms with Gasteiger partial charge in [-0.05, 0) is 5.92 Å². The summed E-state index contributed by atoms with van der Waals surface area (Å²) in [5.74, 6) is -1.98. The highest BCUT2D eigenvalue weighted by Gasteiger charge is 2.53. The van der Waals surface area contributed by atoms with Crippen LogP contribution in [0, 0.1) is 5.92 Å². The number of ether oxygens (including phenoxy) is 1. The molecule has 0 aromatic heterocycles. The van der Waals surface area contributed by atoms with E-state index in [1.54, 1.807) is 13.8 Å². The number of carboxylic acid groups (broad SMARTS) is 1. The van der Waals surface area contributed by atoms with E-state index in [9.17, 15) is 14.4 Å². The van der Waals surface area contributed by atoms with Crippen LogP contribution in [0.2, 0.25) is 0 Å². The number of nitrogens with one attached hydrogen (secondary N) is 1. The van der Waals surface area contributed by atoms with Gasteiger partial charge in [-0.1, -0.05) is 13.8 Å². The van der Waals surface area contributed by atoms with Crippen LogP contribution in [0.15, 0.2) is 0 Å². The van der Waals surface area contributed by atoms with Gasteiger partial charge >= 0.3 is 12.0 Å². The second-order valence-corrected chi connectivity index (χ2v) is 4.27. The van der Waals surface area contributed by atoms with Crippen molar-refractivity contribution < 1.29 is 24.2 Å². The average molecular weight is 244 g/mol. The number of nitrogens with zero attached hydrogens (tertiary/aromatic N) is 1. The molecule has 96 valence electrons. The second kappa shape index (κ2) is 4.70. The Morgan fingerprint density at radius 2 is 2.12 bits per heavy atom. The van der Waals surface area contributed by atoms with Gasteiger partial charge in [0.2, 0.25) is 0 Å². The SMILES string of the molecule is COCC1(C(C)C)NC(=O)N(CC(=O)O)C1=O. The Morgan fingerprint density at radius 3 is 2.53 bits per heavy atom. The predicted molar refractivity (Wildman–Crippen MR) is 57.3 cm³/mol. The number of methoxy groups -OCH3 is 1. The van der Waals surface area contributed by atoms with Gasteiger partial charge in [0.15, 0.2) is 0 Å². The normalized spacial score (nSPS) is 24.4. The highest BCUT2D eigenvalue weighted by molar-refractivity contribution is 6.08. The molecule has 1 fully saturated rings. The maximum Gasteiger partial charge on any atom is 0.325 e. The van der Waals surface area contributed by atoms with Crippen LogP contribution in [0.5, 0.6) is 0 Å². The van der Waals surface area contributed by atoms with Gasteiger partial charge in [-0.3, -0.25) is 14.5 Å². The van der Waals surface area contributed by atoms with E-state index in [0.29, 0.717) is 4.90 Å². The van der Waals surface area contributed by atoms with E-state index in [1.807, 2.05) is 0 Å². The summed E-state index contributed by atoms with van der Waals surface area (Å²) in [6, 6.07) is -0.692. The van der Waals surface area contributed by atoms with Crippen molar-refractivity contribution in [2.45, 2.75) is 19.4 Å². The molecule has 7 heteroatoms. The summed E-state index contributed by atoms with van der Waals surface area (Å²) in [5.41, 5.74) is -1.17. The number of aliphatic carboxylic acids is 1. The van der Waals surface area contributed by atoms with Crippen LogP contribution < -0.4 is 5.32 Å². The molecule has 0 spiro atoms. The summed E-state index contributed by atoms with van der Waals surface area (Å²) in [7, 11) is 1.42. The molecule has 3 amide bonds. The molecule has 7 nitrogen and oxygen atoms in total. The third kappa shape index (κ3) is 2.23. The highest BCUT2D eigenvalue weighted by Crippen LogP contribution is 2.26. The number of hydrogen-bond acceptors (Lipinski definition) is 4. The van der Waals surface area contributed by atoms with Crippen LogP contribution >= 0.6 is 0 Å². The Hall–Kier alpha value is -1.63. The number of carbonyl (C=O) groups excluding carboxylic acids is 2. The third-order valence-electron chi connectivity index (χ3n) is 2.85. The first-order chi connectivity index (χ1) is 7.85. The molecule has 1 unspecified atom stereocenters. The lowest BCUT2D eigenvalue weighted by Gasteiger charge is -2.29. The number of urea groups is 1. The van der Waals surface area contributed by atoms with E-state index in [4.69, 9.17) is 9.84 Å². The summed E-state index contributed by atoms with van der Waals surface area (Å²) in [5, 5.41) is 11.2. The van der Waals surface area contributed by atoms with Gasteiger partial charge < -0.3 is 15.2 Å². The molecule has 1 aliphatic rings. The van der Waals surface area contributed by atoms with E-state index in [-0.39, 0.29) is 12.5 Å². The van der Waals surface area contributed by atoms with Gasteiger partial charge in [0.25, 0.3) is 5.91 Å². The van der Waals surface area contributed by atoms with E-state index in [1.165, 1.54) is 7.11 Å². The number of hydrogen-bond donors (Lipinski definition) is 2. The van der Waals surface area contributed by atoms with Crippen molar-refractivity contribution in [2.24, 2.45) is 5.92 Å². The molecule has 0 aromatic carbocycles. The quantitative estimate of drug-likeness (QED) is 0.645. The van der Waals surface area contributed by atoms with Crippen molar-refractivity contribution in [3.8, 4) is 0 Å². The molecule has 0 bridgehead atoms. The predicted octanol–water partition coefficient (Wildman–Crippen LogP) is -0.336. The lowest BCUT2D eigenvalue weighted by Crippen LogP contribution is -2.55. The van der Waals surface area contributed by atoms with Crippen molar-refractivity contribution in [1.82, 2.24) is 10.2 Å². The fourth-order valence-electron chi connectivity index (χ4n) is 1.81. The summed E-state index contributed by atoms with van der Waals surface area (Å²) >= 11 is 0. The zero-order chi connectivity index (χ0) is 13.2. The van der Waals surface area contributed by atoms with Crippen LogP contribution in [-0.4, -0.2) is 53.7 Å². The minimum Gasteiger partial charge on any atom is -0.480 e. The molecule has 1 atom stereocenters. The van der Waals surface area contributed by atoms with Crippen molar-refractivity contribution >= 4 is 17.9 Å². The smallest absolute Gasteiger partial charge is 0.325 e. The molecule has 1 rings (SSSR count). The zero-order valence-corrected chi connectivity index (χ0v) is 10.0. The number of imide groups is 1. The second-order valence-electron chi connectivity index (χ2n) is 4.27. The van der Waals surface area contributed by atoms with Crippen LogP contribution in [-0.2, 0) is 14.3 Å². The first-order valence-electron chi connectivity index (χ1n) is 5.20. The maximum absolute atomic E-state index is 12.1. The van der Waals surface area contributed by atoms with Crippen molar-refractivity contribution in [3.05, 3.63) is 0 Å². The molecule has 2 N–H and O–H groups in total. The van der Waals surface area contributed by atoms with Crippen molar-refractivity contribution in [1.29, 1.82) is 0 Å². The fraction of sp³-hybridized carbons (Fsp3) is 0.700. The van der Waals surface area contributed by atoms with Gasteiger partial charge in [0.1, 0.15) is 12.1 Å². The lowest BCUT2D eigenvalue weighted by molar-refractivity contribution is -0.144. The molecule has 0 radical (unpaired) electrons. The fourth-order valence-corrected chi connectivity index (χ4v) is 1.81. The zero-order valence-electron chi connectivity index (χ0n) is 10.0. The molecule has 0 aliphatic carbocycles. The molecule has 0 aromatic rings. The van der Waals surface area contributed by atoms with Crippen molar-refractivity contribution in [2.75, 3.05) is 20.3 Å². The van der Waals surface area contributed by atoms with Crippen LogP contribution in [0.3, 0.4) is 0 Å². The molecule has 0 saturated carbocycles. The topological polar surface area (TPSA) is 95.9 Å². The Morgan fingerprint density at radius 1 is 1.53 bits per heavy atom. The minimum absolute atomic E-state index is 0.0192. The number of carboxylic acids is 1. The minimum atomic E-state index is -1.23. The third-order valence-corrected chi connectivity index (χ3v) is 2.85. The van der Waals surface area contributed by atoms with E-state index < -0.39 is 30.0 Å². The van der Waals surface area contributed by atoms with E-state index in [0.717, 1.165) is 0 Å². The van der Waals surface area contributed by atoms with Crippen LogP contribution in [0.25, 0.3) is 0 Å². The monoisotopic (exact) mass is 244 g/mol. The van der Waals surface area contributed by atoms with Gasteiger partial charge in [0, 0.05) is 7.11 Å². The largest absolute Gasteiger partial charge is 0.480 e. The Kier molecular flexibility index (Phi) is 3.72. The van der Waals surface area contributed by atoms with Gasteiger partial charge in [-0.25, -0.2) is 4.79 Å². The molecule has 1 saturated heterocycles. The molecular weight excluding hydrogens is 228 g/mol. The number of amides is 3. The highest BCUT2D eigenvalue weighted by atomic mass is 16.5. The Labute approximate surface area is 98.7 Å². The molecule has 1 aliphatic heterocycles. The molecule has 1 heterocycles. The Balaban J connectivity index is 3.01. The van der Waals surface area contributed by atoms with Crippen LogP contribution in [0.1, 0.15) is 13.8 Å². The summed E-state index contributed by atoms with van der Waals surface area (Å²) in [6.07, 6.45) is 0. The molecule has 17 heavy (non-hydrogen) atoms. The summed E-state index contributed by atoms with van der Waals surface area (Å²) < 4.78 is 4.95. The van der Waals surface area contributed by atoms with E-state index >= 15 is 0 Å². The van der Waals surface area contributed by atoms with Crippen LogP contribution in [0.4, 0.5) is 4.79 Å². The average Bonchev–Trinajstić information content (AvgIpc) is 2.44. The first kappa shape index (κ1) is 13.4. The first-order valence-corrected chi connectivity index (χ1v) is 5.20. The van der Waals surface area contributed by atoms with Gasteiger partial charge in [-0.15, -0.1) is 0 Å². The molecular formula is C10H16N2O5.